The van der Waals surface area contributed by atoms with E-state index in [1.807, 2.05) is 19.1 Å². The van der Waals surface area contributed by atoms with E-state index >= 15 is 0 Å². The summed E-state index contributed by atoms with van der Waals surface area (Å²) in [5.41, 5.74) is -0.0887. The third-order valence-electron chi connectivity index (χ3n) is 6.09. The second-order valence-corrected chi connectivity index (χ2v) is 9.30. The summed E-state index contributed by atoms with van der Waals surface area (Å²) < 4.78 is 10.8. The van der Waals surface area contributed by atoms with E-state index in [0.717, 1.165) is 5.56 Å². The SMILES string of the molecule is CN1C(=O)C23C[C@](C)(C#N)C(c4ccc5c(c4)OCO5)N2C(=O)C1(C)S3. The molecular formula is C18H17N3O4S. The molecule has 0 aromatic heterocycles. The zero-order valence-corrected chi connectivity index (χ0v) is 15.4. The lowest BCUT2D eigenvalue weighted by molar-refractivity contribution is -0.159. The molecule has 5 rings (SSSR count). The van der Waals surface area contributed by atoms with Crippen molar-refractivity contribution in [2.24, 2.45) is 5.41 Å². The summed E-state index contributed by atoms with van der Waals surface area (Å²) in [5.74, 6) is 1.02. The first-order valence-corrected chi connectivity index (χ1v) is 9.21. The molecule has 1 aromatic carbocycles. The average molecular weight is 371 g/mol. The molecule has 1 spiro atoms. The van der Waals surface area contributed by atoms with Gasteiger partial charge in [0.1, 0.15) is 0 Å². The summed E-state index contributed by atoms with van der Waals surface area (Å²) in [6.07, 6.45) is 0.310. The number of rotatable bonds is 1. The van der Waals surface area contributed by atoms with Crippen molar-refractivity contribution < 1.29 is 19.1 Å². The van der Waals surface area contributed by atoms with Gasteiger partial charge in [-0.25, -0.2) is 0 Å². The van der Waals surface area contributed by atoms with Crippen LogP contribution in [0.5, 0.6) is 11.5 Å². The van der Waals surface area contributed by atoms with Crippen molar-refractivity contribution in [3.63, 3.8) is 0 Å². The minimum absolute atomic E-state index is 0.102. The number of nitrogens with zero attached hydrogens (tertiary/aromatic N) is 3. The molecule has 134 valence electrons. The second kappa shape index (κ2) is 4.46. The largest absolute Gasteiger partial charge is 0.454 e. The highest BCUT2D eigenvalue weighted by molar-refractivity contribution is 8.04. The van der Waals surface area contributed by atoms with Crippen LogP contribution in [-0.2, 0) is 9.59 Å². The molecule has 2 amide bonds. The van der Waals surface area contributed by atoms with Crippen molar-refractivity contribution in [1.29, 1.82) is 5.26 Å². The monoisotopic (exact) mass is 371 g/mol. The van der Waals surface area contributed by atoms with E-state index in [-0.39, 0.29) is 18.6 Å². The number of carbonyl (C=O) groups excluding carboxylic acids is 2. The van der Waals surface area contributed by atoms with Crippen LogP contribution < -0.4 is 9.47 Å². The number of likely N-dealkylation sites (N-methyl/N-ethyl adjacent to an activating group) is 1. The van der Waals surface area contributed by atoms with Gasteiger partial charge in [-0.15, -0.1) is 0 Å². The summed E-state index contributed by atoms with van der Waals surface area (Å²) in [7, 11) is 1.66. The first kappa shape index (κ1) is 15.8. The van der Waals surface area contributed by atoms with Crippen LogP contribution >= 0.6 is 11.8 Å². The number of nitriles is 1. The van der Waals surface area contributed by atoms with Gasteiger partial charge < -0.3 is 19.3 Å². The highest BCUT2D eigenvalue weighted by atomic mass is 32.2. The third-order valence-corrected chi connectivity index (χ3v) is 7.79. The summed E-state index contributed by atoms with van der Waals surface area (Å²) >= 11 is 1.36. The summed E-state index contributed by atoms with van der Waals surface area (Å²) in [4.78, 5) is 27.6. The molecule has 3 unspecified atom stereocenters. The van der Waals surface area contributed by atoms with Crippen LogP contribution in [-0.4, -0.2) is 45.2 Å². The van der Waals surface area contributed by atoms with Gasteiger partial charge in [-0.1, -0.05) is 17.8 Å². The van der Waals surface area contributed by atoms with Gasteiger partial charge in [0.05, 0.1) is 17.5 Å². The Morgan fingerprint density at radius 1 is 1.23 bits per heavy atom. The number of hydrogen-bond donors (Lipinski definition) is 0. The molecule has 4 aliphatic rings. The molecule has 0 aliphatic carbocycles. The molecule has 4 atom stereocenters. The Balaban J connectivity index is 1.69. The summed E-state index contributed by atoms with van der Waals surface area (Å²) in [6, 6.07) is 7.34. The van der Waals surface area contributed by atoms with E-state index in [4.69, 9.17) is 9.47 Å². The fourth-order valence-electron chi connectivity index (χ4n) is 4.73. The van der Waals surface area contributed by atoms with Crippen molar-refractivity contribution in [3.8, 4) is 17.6 Å². The predicted octanol–water partition coefficient (Wildman–Crippen LogP) is 1.85. The van der Waals surface area contributed by atoms with Gasteiger partial charge in [-0.05, 0) is 31.5 Å². The van der Waals surface area contributed by atoms with Gasteiger partial charge in [0.2, 0.25) is 6.79 Å². The van der Waals surface area contributed by atoms with Crippen molar-refractivity contribution in [3.05, 3.63) is 23.8 Å². The van der Waals surface area contributed by atoms with Crippen molar-refractivity contribution >= 4 is 23.6 Å². The van der Waals surface area contributed by atoms with Gasteiger partial charge in [0.25, 0.3) is 11.8 Å². The molecule has 1 aromatic rings. The van der Waals surface area contributed by atoms with E-state index in [0.29, 0.717) is 17.9 Å². The number of thioether (sulfide) groups is 1. The van der Waals surface area contributed by atoms with E-state index in [9.17, 15) is 14.9 Å². The summed E-state index contributed by atoms with van der Waals surface area (Å²) in [5, 5.41) is 9.95. The quantitative estimate of drug-likeness (QED) is 0.749. The molecule has 0 saturated carbocycles. The lowest BCUT2D eigenvalue weighted by Crippen LogP contribution is -2.60. The van der Waals surface area contributed by atoms with E-state index in [1.54, 1.807) is 24.9 Å². The maximum atomic E-state index is 13.3. The highest BCUT2D eigenvalue weighted by Gasteiger charge is 2.78. The maximum Gasteiger partial charge on any atom is 0.261 e. The van der Waals surface area contributed by atoms with Gasteiger partial charge >= 0.3 is 0 Å². The van der Waals surface area contributed by atoms with Gasteiger partial charge in [0.15, 0.2) is 21.2 Å². The van der Waals surface area contributed by atoms with Crippen LogP contribution in [0, 0.1) is 16.7 Å². The van der Waals surface area contributed by atoms with Crippen molar-refractivity contribution in [2.75, 3.05) is 13.8 Å². The van der Waals surface area contributed by atoms with Crippen LogP contribution in [0.4, 0.5) is 0 Å². The fourth-order valence-corrected chi connectivity index (χ4v) is 6.67. The highest BCUT2D eigenvalue weighted by Crippen LogP contribution is 2.69. The molecule has 4 aliphatic heterocycles. The number of benzene rings is 1. The van der Waals surface area contributed by atoms with Gasteiger partial charge in [-0.3, -0.25) is 9.59 Å². The molecule has 4 heterocycles. The minimum Gasteiger partial charge on any atom is -0.454 e. The summed E-state index contributed by atoms with van der Waals surface area (Å²) in [6.45, 7) is 3.76. The number of piperazine rings is 1. The van der Waals surface area contributed by atoms with Gasteiger partial charge in [0, 0.05) is 13.5 Å². The molecule has 7 nitrogen and oxygen atoms in total. The first-order valence-electron chi connectivity index (χ1n) is 8.40. The Labute approximate surface area is 154 Å². The normalized spacial score (nSPS) is 39.5. The number of amides is 2. The lowest BCUT2D eigenvalue weighted by Gasteiger charge is -2.40. The average Bonchev–Trinajstić information content (AvgIpc) is 3.28. The molecule has 3 fully saturated rings. The second-order valence-electron chi connectivity index (χ2n) is 7.63. The van der Waals surface area contributed by atoms with Crippen LogP contribution in [0.1, 0.15) is 31.9 Å². The van der Waals surface area contributed by atoms with Crippen LogP contribution in [0.2, 0.25) is 0 Å². The number of ether oxygens (including phenoxy) is 2. The van der Waals surface area contributed by atoms with Gasteiger partial charge in [-0.2, -0.15) is 5.26 Å². The first-order chi connectivity index (χ1) is 12.3. The van der Waals surface area contributed by atoms with E-state index in [2.05, 4.69) is 6.07 Å². The smallest absolute Gasteiger partial charge is 0.261 e. The standard InChI is InChI=1S/C18H17N3O4S/c1-16(8-19)7-18-15(23)20(3)17(2,26-18)14(22)21(18)13(16)10-4-5-11-12(6-10)25-9-24-11/h4-6,13H,7,9H2,1-3H3/t13?,16-,17?,18?/m1/s1. The number of hydrogen-bond acceptors (Lipinski definition) is 6. The molecule has 0 radical (unpaired) electrons. The Morgan fingerprint density at radius 2 is 1.96 bits per heavy atom. The zero-order chi connectivity index (χ0) is 18.5. The molecule has 8 heteroatoms. The topological polar surface area (TPSA) is 82.9 Å². The Kier molecular flexibility index (Phi) is 2.72. The lowest BCUT2D eigenvalue weighted by atomic mass is 9.79. The molecule has 3 saturated heterocycles. The number of carbonyl (C=O) groups is 2. The Hall–Kier alpha value is -2.40. The molecule has 2 bridgehead atoms. The van der Waals surface area contributed by atoms with Crippen LogP contribution in [0.3, 0.4) is 0 Å². The Bertz CT molecular complexity index is 930. The minimum atomic E-state index is -1.01. The van der Waals surface area contributed by atoms with Crippen molar-refractivity contribution in [1.82, 2.24) is 9.80 Å². The van der Waals surface area contributed by atoms with Crippen molar-refractivity contribution in [2.45, 2.75) is 36.1 Å². The van der Waals surface area contributed by atoms with Crippen LogP contribution in [0.25, 0.3) is 0 Å². The number of fused-ring (bicyclic) bond motifs is 2. The molecular weight excluding hydrogens is 354 g/mol. The predicted molar refractivity (Wildman–Crippen MR) is 92.0 cm³/mol. The third kappa shape index (κ3) is 1.52. The Morgan fingerprint density at radius 3 is 2.69 bits per heavy atom. The maximum absolute atomic E-state index is 13.3. The van der Waals surface area contributed by atoms with Crippen LogP contribution in [0.15, 0.2) is 18.2 Å². The molecule has 26 heavy (non-hydrogen) atoms. The van der Waals surface area contributed by atoms with E-state index < -0.39 is 21.2 Å². The zero-order valence-electron chi connectivity index (χ0n) is 14.6. The van der Waals surface area contributed by atoms with E-state index in [1.165, 1.54) is 16.7 Å². The fraction of sp³-hybridized carbons (Fsp3) is 0.500. The molecule has 0 N–H and O–H groups in total.